The number of hydrogen-bond donors (Lipinski definition) is 1. The molecule has 0 unspecified atom stereocenters. The van der Waals surface area contributed by atoms with Gasteiger partial charge in [-0.05, 0) is 6.92 Å². The van der Waals surface area contributed by atoms with Gasteiger partial charge in [0.2, 0.25) is 11.8 Å². The van der Waals surface area contributed by atoms with Crippen LogP contribution in [0.4, 0.5) is 0 Å². The van der Waals surface area contributed by atoms with Crippen LogP contribution in [0.1, 0.15) is 6.92 Å². The first-order chi connectivity index (χ1) is 3.22. The maximum atomic E-state index is 10.1. The first-order valence-corrected chi connectivity index (χ1v) is 2.06. The molecule has 0 atom stereocenters. The molecule has 0 aromatic rings. The first kappa shape index (κ1) is 11.5. The highest BCUT2D eigenvalue weighted by atomic mass is 35.5. The average molecular weight is 172 g/mol. The van der Waals surface area contributed by atoms with Crippen molar-refractivity contribution >= 4 is 36.6 Å². The van der Waals surface area contributed by atoms with Crippen molar-refractivity contribution in [3.8, 4) is 0 Å². The van der Waals surface area contributed by atoms with E-state index in [9.17, 15) is 9.59 Å². The van der Waals surface area contributed by atoms with Gasteiger partial charge in [0.15, 0.2) is 0 Å². The first-order valence-electron chi connectivity index (χ1n) is 2.06. The van der Waals surface area contributed by atoms with Crippen LogP contribution in [-0.4, -0.2) is 11.8 Å². The molecule has 1 N–H and O–H groups in total. The van der Waals surface area contributed by atoms with Crippen molar-refractivity contribution in [2.24, 2.45) is 5.92 Å². The molecule has 2 amide bonds. The summed E-state index contributed by atoms with van der Waals surface area (Å²) in [6.45, 7) is 1.58. The van der Waals surface area contributed by atoms with Crippen molar-refractivity contribution in [1.29, 1.82) is 0 Å². The smallest absolute Gasteiger partial charge is 0.238 e. The third-order valence-electron chi connectivity index (χ3n) is 1.03. The molecular formula is C4H7Cl2NO2. The molecule has 0 spiro atoms. The highest BCUT2D eigenvalue weighted by Crippen LogP contribution is 2.03. The van der Waals surface area contributed by atoms with E-state index in [1.54, 1.807) is 6.92 Å². The van der Waals surface area contributed by atoms with Crippen LogP contribution in [0.2, 0.25) is 0 Å². The monoisotopic (exact) mass is 171 g/mol. The summed E-state index contributed by atoms with van der Waals surface area (Å²) >= 11 is 0. The van der Waals surface area contributed by atoms with Crippen LogP contribution in [-0.2, 0) is 9.59 Å². The summed E-state index contributed by atoms with van der Waals surface area (Å²) in [7, 11) is 0. The van der Waals surface area contributed by atoms with Crippen LogP contribution in [0, 0.1) is 5.92 Å². The summed E-state index contributed by atoms with van der Waals surface area (Å²) in [5.41, 5.74) is 0. The van der Waals surface area contributed by atoms with Gasteiger partial charge in [0, 0.05) is 0 Å². The van der Waals surface area contributed by atoms with Gasteiger partial charge in [-0.25, -0.2) is 0 Å². The SMILES string of the molecule is CC1C(=O)NC1=O.Cl.Cl. The van der Waals surface area contributed by atoms with Crippen molar-refractivity contribution in [3.63, 3.8) is 0 Å². The highest BCUT2D eigenvalue weighted by molar-refractivity contribution is 6.17. The van der Waals surface area contributed by atoms with Crippen LogP contribution in [0.25, 0.3) is 0 Å². The van der Waals surface area contributed by atoms with Gasteiger partial charge in [0.1, 0.15) is 5.92 Å². The molecule has 54 valence electrons. The number of carbonyl (C=O) groups is 2. The van der Waals surface area contributed by atoms with E-state index >= 15 is 0 Å². The van der Waals surface area contributed by atoms with E-state index < -0.39 is 0 Å². The lowest BCUT2D eigenvalue weighted by Gasteiger charge is -2.18. The van der Waals surface area contributed by atoms with Crippen LogP contribution >= 0.6 is 24.8 Å². The molecule has 0 aliphatic carbocycles. The molecule has 1 saturated heterocycles. The van der Waals surface area contributed by atoms with Gasteiger partial charge < -0.3 is 0 Å². The van der Waals surface area contributed by atoms with E-state index in [0.29, 0.717) is 0 Å². The van der Waals surface area contributed by atoms with E-state index in [-0.39, 0.29) is 42.5 Å². The molecule has 0 aromatic carbocycles. The lowest BCUT2D eigenvalue weighted by atomic mass is 10.0. The Bertz CT molecular complexity index is 123. The predicted molar refractivity (Wildman–Crippen MR) is 36.8 cm³/mol. The van der Waals surface area contributed by atoms with E-state index in [1.807, 2.05) is 0 Å². The fraction of sp³-hybridized carbons (Fsp3) is 0.500. The Hall–Kier alpha value is -0.280. The molecule has 1 rings (SSSR count). The largest absolute Gasteiger partial charge is 0.295 e. The fourth-order valence-corrected chi connectivity index (χ4v) is 0.379. The normalized spacial score (nSPS) is 16.6. The van der Waals surface area contributed by atoms with Crippen LogP contribution in [0.5, 0.6) is 0 Å². The molecule has 0 radical (unpaired) electrons. The molecule has 0 bridgehead atoms. The second-order valence-electron chi connectivity index (χ2n) is 1.58. The van der Waals surface area contributed by atoms with Gasteiger partial charge in [-0.1, -0.05) is 0 Å². The Kier molecular flexibility index (Phi) is 4.72. The van der Waals surface area contributed by atoms with Crippen molar-refractivity contribution in [2.45, 2.75) is 6.92 Å². The quantitative estimate of drug-likeness (QED) is 0.416. The van der Waals surface area contributed by atoms with E-state index in [1.165, 1.54) is 0 Å². The number of rotatable bonds is 0. The lowest BCUT2D eigenvalue weighted by Crippen LogP contribution is -2.52. The zero-order chi connectivity index (χ0) is 5.44. The maximum Gasteiger partial charge on any atom is 0.238 e. The Labute approximate surface area is 65.0 Å². The predicted octanol–water partition coefficient (Wildman–Crippen LogP) is 0.122. The molecule has 9 heavy (non-hydrogen) atoms. The maximum absolute atomic E-state index is 10.1. The minimum atomic E-state index is -0.389. The number of halogens is 2. The summed E-state index contributed by atoms with van der Waals surface area (Å²) in [5.74, 6) is -0.713. The van der Waals surface area contributed by atoms with Crippen molar-refractivity contribution in [2.75, 3.05) is 0 Å². The zero-order valence-corrected chi connectivity index (χ0v) is 6.34. The standard InChI is InChI=1S/C4H5NO2.2ClH/c1-2-3(6)5-4(2)7;;/h2H,1H3,(H,5,6,7);2*1H. The van der Waals surface area contributed by atoms with Gasteiger partial charge in [-0.3, -0.25) is 14.9 Å². The van der Waals surface area contributed by atoms with Crippen LogP contribution < -0.4 is 5.32 Å². The Morgan fingerprint density at radius 1 is 1.22 bits per heavy atom. The van der Waals surface area contributed by atoms with E-state index in [0.717, 1.165) is 0 Å². The zero-order valence-electron chi connectivity index (χ0n) is 4.71. The average Bonchev–Trinajstić information content (AvgIpc) is 1.68. The van der Waals surface area contributed by atoms with Crippen LogP contribution in [0.15, 0.2) is 0 Å². The topological polar surface area (TPSA) is 46.2 Å². The summed E-state index contributed by atoms with van der Waals surface area (Å²) < 4.78 is 0. The Balaban J connectivity index is 0. The minimum Gasteiger partial charge on any atom is -0.295 e. The van der Waals surface area contributed by atoms with Crippen LogP contribution in [0.3, 0.4) is 0 Å². The summed E-state index contributed by atoms with van der Waals surface area (Å²) in [6, 6.07) is 0. The Morgan fingerprint density at radius 2 is 1.56 bits per heavy atom. The Morgan fingerprint density at radius 3 is 1.56 bits per heavy atom. The number of nitrogens with one attached hydrogen (secondary N) is 1. The number of hydrogen-bond acceptors (Lipinski definition) is 2. The molecule has 3 nitrogen and oxygen atoms in total. The third kappa shape index (κ3) is 1.84. The van der Waals surface area contributed by atoms with Gasteiger partial charge in [-0.2, -0.15) is 0 Å². The van der Waals surface area contributed by atoms with Gasteiger partial charge in [0.05, 0.1) is 0 Å². The molecule has 1 aliphatic heterocycles. The number of carbonyl (C=O) groups excluding carboxylic acids is 2. The number of imide groups is 1. The molecule has 5 heteroatoms. The highest BCUT2D eigenvalue weighted by Gasteiger charge is 2.32. The molecule has 1 aliphatic rings. The van der Waals surface area contributed by atoms with Crippen molar-refractivity contribution in [3.05, 3.63) is 0 Å². The minimum absolute atomic E-state index is 0. The number of β-lactam (4-membered cyclic amide) rings is 2. The lowest BCUT2D eigenvalue weighted by molar-refractivity contribution is -0.147. The van der Waals surface area contributed by atoms with Crippen molar-refractivity contribution < 1.29 is 9.59 Å². The van der Waals surface area contributed by atoms with Gasteiger partial charge in [0.25, 0.3) is 0 Å². The molecular weight excluding hydrogens is 165 g/mol. The molecule has 0 saturated carbocycles. The van der Waals surface area contributed by atoms with E-state index in [4.69, 9.17) is 0 Å². The van der Waals surface area contributed by atoms with Gasteiger partial charge >= 0.3 is 0 Å². The van der Waals surface area contributed by atoms with E-state index in [2.05, 4.69) is 5.32 Å². The number of amides is 2. The summed E-state index contributed by atoms with van der Waals surface area (Å²) in [6.07, 6.45) is 0. The second kappa shape index (κ2) is 3.69. The molecule has 1 fully saturated rings. The summed E-state index contributed by atoms with van der Waals surface area (Å²) in [5, 5.41) is 2.08. The fourth-order valence-electron chi connectivity index (χ4n) is 0.379. The third-order valence-corrected chi connectivity index (χ3v) is 1.03. The van der Waals surface area contributed by atoms with Gasteiger partial charge in [-0.15, -0.1) is 24.8 Å². The molecule has 0 aromatic heterocycles. The molecule has 1 heterocycles. The summed E-state index contributed by atoms with van der Waals surface area (Å²) in [4.78, 5) is 20.2. The second-order valence-corrected chi connectivity index (χ2v) is 1.58. The van der Waals surface area contributed by atoms with Crippen molar-refractivity contribution in [1.82, 2.24) is 5.32 Å².